The summed E-state index contributed by atoms with van der Waals surface area (Å²) in [6.45, 7) is 3.70. The molecule has 2 aromatic rings. The van der Waals surface area contributed by atoms with Crippen LogP contribution in [-0.2, 0) is 4.79 Å². The van der Waals surface area contributed by atoms with E-state index in [1.807, 2.05) is 56.3 Å². The van der Waals surface area contributed by atoms with Gasteiger partial charge >= 0.3 is 5.97 Å². The normalized spacial score (nSPS) is 12.1. The average Bonchev–Trinajstić information content (AvgIpc) is 2.61. The molecule has 6 heteroatoms. The van der Waals surface area contributed by atoms with Gasteiger partial charge in [0.2, 0.25) is 0 Å². The Labute approximate surface area is 147 Å². The van der Waals surface area contributed by atoms with E-state index in [1.54, 1.807) is 17.1 Å². The third-order valence-corrected chi connectivity index (χ3v) is 3.71. The van der Waals surface area contributed by atoms with E-state index in [-0.39, 0.29) is 12.6 Å². The Hall–Kier alpha value is -3.33. The average molecular weight is 337 g/mol. The van der Waals surface area contributed by atoms with E-state index >= 15 is 0 Å². The van der Waals surface area contributed by atoms with Crippen molar-refractivity contribution in [2.24, 2.45) is 0 Å². The van der Waals surface area contributed by atoms with E-state index in [9.17, 15) is 4.79 Å². The molecule has 2 aromatic carbocycles. The molecule has 0 aliphatic rings. The number of hydrogen-bond acceptors (Lipinski definition) is 3. The number of nitrogens with zero attached hydrogens (tertiary/aromatic N) is 2. The number of hydrogen-bond donors (Lipinski definition) is 3. The molecule has 0 saturated carbocycles. The molecule has 3 N–H and O–H groups in total. The van der Waals surface area contributed by atoms with Crippen LogP contribution >= 0.6 is 0 Å². The second-order valence-electron chi connectivity index (χ2n) is 5.65. The first-order chi connectivity index (χ1) is 12.0. The number of carboxylic acids is 1. The highest BCUT2D eigenvalue weighted by atomic mass is 16.4. The second kappa shape index (κ2) is 8.50. The van der Waals surface area contributed by atoms with Gasteiger partial charge in [-0.25, -0.2) is 10.2 Å². The zero-order chi connectivity index (χ0) is 18.2. The summed E-state index contributed by atoms with van der Waals surface area (Å²) < 4.78 is 1.73. The van der Waals surface area contributed by atoms with Gasteiger partial charge in [0.1, 0.15) is 0 Å². The quantitative estimate of drug-likeness (QED) is 0.313. The molecule has 6 nitrogen and oxygen atoms in total. The third-order valence-electron chi connectivity index (χ3n) is 3.71. The van der Waals surface area contributed by atoms with Gasteiger partial charge in [-0.2, -0.15) is 5.26 Å². The minimum absolute atomic E-state index is 0.0000255. The smallest absolute Gasteiger partial charge is 0.345 e. The Morgan fingerprint density at radius 3 is 2.64 bits per heavy atom. The summed E-state index contributed by atoms with van der Waals surface area (Å²) >= 11 is 0. The lowest BCUT2D eigenvalue weighted by molar-refractivity contribution is -0.512. The fourth-order valence-electron chi connectivity index (χ4n) is 2.36. The number of aryl methyl sites for hydroxylation is 1. The largest absolute Gasteiger partial charge is 0.478 e. The van der Waals surface area contributed by atoms with Gasteiger partial charge in [-0.3, -0.25) is 5.32 Å². The van der Waals surface area contributed by atoms with E-state index in [1.165, 1.54) is 0 Å². The highest BCUT2D eigenvalue weighted by molar-refractivity contribution is 5.72. The first kappa shape index (κ1) is 18.0. The Kier molecular flexibility index (Phi) is 6.13. The molecule has 2 rings (SSSR count). The van der Waals surface area contributed by atoms with E-state index in [0.717, 1.165) is 16.8 Å². The Morgan fingerprint density at radius 2 is 2.04 bits per heavy atom. The fourth-order valence-corrected chi connectivity index (χ4v) is 2.36. The van der Waals surface area contributed by atoms with Gasteiger partial charge in [0.25, 0.3) is 6.34 Å². The Balaban J connectivity index is 2.28. The lowest BCUT2D eigenvalue weighted by Crippen LogP contribution is -2.34. The maximum absolute atomic E-state index is 10.7. The molecule has 25 heavy (non-hydrogen) atoms. The number of aliphatic carboxylic acids is 1. The van der Waals surface area contributed by atoms with Crippen LogP contribution in [0.2, 0.25) is 0 Å². The maximum atomic E-state index is 10.7. The molecule has 0 spiro atoms. The SMILES string of the molecule is Cc1cc([N+](=CNCC(=O)O)N[C@@H](C)c2ccccc2)ccc1C#N. The van der Waals surface area contributed by atoms with Gasteiger partial charge in [0, 0.05) is 0 Å². The number of benzene rings is 2. The molecule has 0 saturated heterocycles. The van der Waals surface area contributed by atoms with Gasteiger partial charge in [-0.1, -0.05) is 30.3 Å². The molecule has 0 bridgehead atoms. The lowest BCUT2D eigenvalue weighted by atomic mass is 10.1. The van der Waals surface area contributed by atoms with Crippen molar-refractivity contribution in [3.05, 3.63) is 65.2 Å². The van der Waals surface area contributed by atoms with Crippen LogP contribution in [0.25, 0.3) is 0 Å². The van der Waals surface area contributed by atoms with E-state index in [2.05, 4.69) is 16.8 Å². The molecular weight excluding hydrogens is 316 g/mol. The van der Waals surface area contributed by atoms with E-state index < -0.39 is 5.97 Å². The van der Waals surface area contributed by atoms with Crippen LogP contribution in [0.15, 0.2) is 48.5 Å². The minimum Gasteiger partial charge on any atom is -0.478 e. The first-order valence-corrected chi connectivity index (χ1v) is 7.91. The van der Waals surface area contributed by atoms with Crippen LogP contribution in [0.4, 0.5) is 5.69 Å². The first-order valence-electron chi connectivity index (χ1n) is 7.91. The van der Waals surface area contributed by atoms with E-state index in [4.69, 9.17) is 10.4 Å². The van der Waals surface area contributed by atoms with Crippen LogP contribution in [0, 0.1) is 18.3 Å². The van der Waals surface area contributed by atoms with Crippen LogP contribution in [0.1, 0.15) is 29.7 Å². The van der Waals surface area contributed by atoms with Crippen molar-refractivity contribution in [1.29, 1.82) is 5.26 Å². The molecule has 0 aliphatic carbocycles. The van der Waals surface area contributed by atoms with Gasteiger partial charge < -0.3 is 5.11 Å². The predicted octanol–water partition coefficient (Wildman–Crippen LogP) is 2.48. The van der Waals surface area contributed by atoms with Crippen LogP contribution < -0.4 is 10.7 Å². The van der Waals surface area contributed by atoms with Crippen molar-refractivity contribution in [1.82, 2.24) is 10.7 Å². The zero-order valence-corrected chi connectivity index (χ0v) is 14.2. The number of carboxylic acid groups (broad SMARTS) is 1. The number of nitrogens with one attached hydrogen (secondary N) is 2. The predicted molar refractivity (Wildman–Crippen MR) is 95.5 cm³/mol. The highest BCUT2D eigenvalue weighted by Crippen LogP contribution is 2.18. The van der Waals surface area contributed by atoms with Crippen molar-refractivity contribution < 1.29 is 14.6 Å². The molecule has 0 unspecified atom stereocenters. The molecule has 0 fully saturated rings. The molecule has 0 aliphatic heterocycles. The molecular formula is C19H21N4O2+. The van der Waals surface area contributed by atoms with Crippen molar-refractivity contribution in [3.8, 4) is 6.07 Å². The highest BCUT2D eigenvalue weighted by Gasteiger charge is 2.13. The minimum atomic E-state index is -0.941. The van der Waals surface area contributed by atoms with Gasteiger partial charge in [-0.15, -0.1) is 4.68 Å². The van der Waals surface area contributed by atoms with Crippen molar-refractivity contribution >= 4 is 18.0 Å². The van der Waals surface area contributed by atoms with E-state index in [0.29, 0.717) is 5.56 Å². The standard InChI is InChI=1S/C19H20N4O2/c1-14-10-18(9-8-17(14)11-20)23(13-21-12-19(24)25)22-15(2)16-6-4-3-5-7-16/h3-10,13,15,22H,12H2,1-2H3,(H,24,25)/p+1/t15-/m0/s1. The number of hydrazone groups is 1. The van der Waals surface area contributed by atoms with Crippen LogP contribution in [-0.4, -0.2) is 28.6 Å². The van der Waals surface area contributed by atoms with Crippen molar-refractivity contribution in [3.63, 3.8) is 0 Å². The summed E-state index contributed by atoms with van der Waals surface area (Å²) in [5.74, 6) is -0.941. The topological polar surface area (TPSA) is 88.2 Å². The number of carbonyl (C=O) groups is 1. The molecule has 1 atom stereocenters. The monoisotopic (exact) mass is 337 g/mol. The summed E-state index contributed by atoms with van der Waals surface area (Å²) in [6, 6.07) is 17.5. The Bertz CT molecular complexity index is 810. The molecule has 0 amide bonds. The summed E-state index contributed by atoms with van der Waals surface area (Å²) in [6.07, 6.45) is 1.58. The number of nitriles is 1. The maximum Gasteiger partial charge on any atom is 0.345 e. The number of rotatable bonds is 7. The number of hydrazine groups is 1. The van der Waals surface area contributed by atoms with Gasteiger partial charge in [0.05, 0.1) is 17.7 Å². The molecule has 0 aromatic heterocycles. The molecule has 0 heterocycles. The third kappa shape index (κ3) is 5.08. The molecule has 128 valence electrons. The summed E-state index contributed by atoms with van der Waals surface area (Å²) in [5.41, 5.74) is 6.69. The fraction of sp³-hybridized carbons (Fsp3) is 0.211. The van der Waals surface area contributed by atoms with Crippen molar-refractivity contribution in [2.75, 3.05) is 6.54 Å². The second-order valence-corrected chi connectivity index (χ2v) is 5.65. The van der Waals surface area contributed by atoms with Gasteiger partial charge in [0.15, 0.2) is 12.2 Å². The van der Waals surface area contributed by atoms with Gasteiger partial charge in [-0.05, 0) is 43.2 Å². The summed E-state index contributed by atoms with van der Waals surface area (Å²) in [7, 11) is 0. The zero-order valence-electron chi connectivity index (χ0n) is 14.2. The lowest BCUT2D eigenvalue weighted by Gasteiger charge is -2.17. The Morgan fingerprint density at radius 1 is 1.32 bits per heavy atom. The van der Waals surface area contributed by atoms with Crippen molar-refractivity contribution in [2.45, 2.75) is 19.9 Å². The van der Waals surface area contributed by atoms with Crippen LogP contribution in [0.3, 0.4) is 0 Å². The van der Waals surface area contributed by atoms with Crippen LogP contribution in [0.5, 0.6) is 0 Å². The summed E-state index contributed by atoms with van der Waals surface area (Å²) in [5, 5.41) is 20.7. The molecule has 0 radical (unpaired) electrons. The summed E-state index contributed by atoms with van der Waals surface area (Å²) in [4.78, 5) is 10.7.